The molecule has 1 atom stereocenters. The Morgan fingerprint density at radius 2 is 1.70 bits per heavy atom. The molecule has 2 N–H and O–H groups in total. The van der Waals surface area contributed by atoms with Gasteiger partial charge in [0, 0.05) is 19.6 Å². The van der Waals surface area contributed by atoms with Crippen LogP contribution in [-0.4, -0.2) is 41.9 Å². The minimum absolute atomic E-state index is 0.137. The first-order valence-electron chi connectivity index (χ1n) is 6.81. The van der Waals surface area contributed by atoms with Crippen LogP contribution in [0.2, 0.25) is 0 Å². The van der Waals surface area contributed by atoms with Gasteiger partial charge in [-0.25, -0.2) is 4.79 Å². The molecule has 0 bridgehead atoms. The van der Waals surface area contributed by atoms with E-state index in [-0.39, 0.29) is 31.1 Å². The average Bonchev–Trinajstić information content (AvgIpc) is 2.65. The Bertz CT molecular complexity index is 510. The van der Waals surface area contributed by atoms with Crippen LogP contribution in [0.4, 0.5) is 4.79 Å². The van der Waals surface area contributed by atoms with Crippen LogP contribution in [0.25, 0.3) is 0 Å². The highest BCUT2D eigenvalue weighted by Crippen LogP contribution is 2.19. The van der Waals surface area contributed by atoms with E-state index in [1.54, 1.807) is 7.05 Å². The fourth-order valence-electron chi connectivity index (χ4n) is 2.28. The van der Waals surface area contributed by atoms with E-state index < -0.39 is 0 Å². The topological polar surface area (TPSA) is 66.6 Å². The monoisotopic (exact) mass is 275 g/mol. The summed E-state index contributed by atoms with van der Waals surface area (Å²) >= 11 is 0. The predicted molar refractivity (Wildman–Crippen MR) is 77.2 cm³/mol. The maximum absolute atomic E-state index is 11.8. The van der Waals surface area contributed by atoms with Gasteiger partial charge in [0.05, 0.1) is 0 Å². The number of hydrogen-bond donors (Lipinski definition) is 1. The van der Waals surface area contributed by atoms with Crippen molar-refractivity contribution in [2.45, 2.75) is 25.8 Å². The third-order valence-electron chi connectivity index (χ3n) is 3.64. The maximum atomic E-state index is 11.8. The van der Waals surface area contributed by atoms with E-state index in [0.717, 1.165) is 5.56 Å². The summed E-state index contributed by atoms with van der Waals surface area (Å²) < 4.78 is 0. The molecule has 0 saturated carbocycles. The van der Waals surface area contributed by atoms with Crippen molar-refractivity contribution in [3.8, 4) is 0 Å². The van der Waals surface area contributed by atoms with Gasteiger partial charge in [-0.1, -0.05) is 38.1 Å². The van der Waals surface area contributed by atoms with E-state index >= 15 is 0 Å². The van der Waals surface area contributed by atoms with Crippen molar-refractivity contribution in [1.29, 1.82) is 0 Å². The van der Waals surface area contributed by atoms with Crippen molar-refractivity contribution >= 4 is 11.9 Å². The Hall–Kier alpha value is -1.88. The molecule has 1 aliphatic heterocycles. The number of hydrogen-bond acceptors (Lipinski definition) is 3. The van der Waals surface area contributed by atoms with Crippen LogP contribution in [0.3, 0.4) is 0 Å². The number of amides is 3. The van der Waals surface area contributed by atoms with Crippen molar-refractivity contribution in [2.24, 2.45) is 5.73 Å². The van der Waals surface area contributed by atoms with Crippen LogP contribution in [0.5, 0.6) is 0 Å². The van der Waals surface area contributed by atoms with Crippen LogP contribution >= 0.6 is 0 Å². The van der Waals surface area contributed by atoms with Crippen LogP contribution in [0, 0.1) is 0 Å². The van der Waals surface area contributed by atoms with E-state index in [4.69, 9.17) is 5.73 Å². The Morgan fingerprint density at radius 3 is 2.15 bits per heavy atom. The molecular weight excluding hydrogens is 254 g/mol. The van der Waals surface area contributed by atoms with Crippen LogP contribution < -0.4 is 5.73 Å². The van der Waals surface area contributed by atoms with E-state index in [0.29, 0.717) is 5.92 Å². The lowest BCUT2D eigenvalue weighted by atomic mass is 9.99. The highest BCUT2D eigenvalue weighted by Gasteiger charge is 2.34. The van der Waals surface area contributed by atoms with Gasteiger partial charge in [-0.3, -0.25) is 9.69 Å². The number of rotatable bonds is 4. The Kier molecular flexibility index (Phi) is 4.09. The van der Waals surface area contributed by atoms with Crippen molar-refractivity contribution in [1.82, 2.24) is 9.80 Å². The van der Waals surface area contributed by atoms with E-state index in [1.165, 1.54) is 15.4 Å². The van der Waals surface area contributed by atoms with Crippen LogP contribution in [0.1, 0.15) is 36.9 Å². The normalized spacial score (nSPS) is 17.2. The Morgan fingerprint density at radius 1 is 1.15 bits per heavy atom. The van der Waals surface area contributed by atoms with Gasteiger partial charge in [0.25, 0.3) is 0 Å². The number of nitrogens with two attached hydrogens (primary N) is 1. The number of nitrogens with zero attached hydrogens (tertiary/aromatic N) is 2. The number of urea groups is 1. The van der Waals surface area contributed by atoms with Gasteiger partial charge in [-0.2, -0.15) is 0 Å². The van der Waals surface area contributed by atoms with Crippen molar-refractivity contribution < 1.29 is 9.59 Å². The first-order valence-corrected chi connectivity index (χ1v) is 6.81. The summed E-state index contributed by atoms with van der Waals surface area (Å²) in [6, 6.07) is 7.39. The van der Waals surface area contributed by atoms with Gasteiger partial charge in [-0.15, -0.1) is 0 Å². The van der Waals surface area contributed by atoms with Gasteiger partial charge in [0.2, 0.25) is 5.91 Å². The Balaban J connectivity index is 2.06. The molecule has 2 rings (SSSR count). The number of imide groups is 1. The minimum atomic E-state index is -0.351. The largest absolute Gasteiger partial charge is 0.327 e. The second kappa shape index (κ2) is 5.63. The van der Waals surface area contributed by atoms with Gasteiger partial charge in [-0.05, 0) is 17.0 Å². The summed E-state index contributed by atoms with van der Waals surface area (Å²) in [7, 11) is 1.61. The molecule has 1 unspecified atom stereocenters. The molecule has 5 heteroatoms. The SMILES string of the molecule is CC(C)c1ccc(C(N)CN2C(=O)CN(C)C2=O)cc1. The van der Waals surface area contributed by atoms with E-state index in [1.807, 2.05) is 24.3 Å². The molecule has 108 valence electrons. The van der Waals surface area contributed by atoms with Crippen molar-refractivity contribution in [2.75, 3.05) is 20.1 Å². The smallest absolute Gasteiger partial charge is 0.322 e. The Labute approximate surface area is 119 Å². The molecule has 1 fully saturated rings. The summed E-state index contributed by atoms with van der Waals surface area (Å²) in [4.78, 5) is 26.1. The molecule has 3 amide bonds. The molecule has 1 aromatic carbocycles. The van der Waals surface area contributed by atoms with Gasteiger partial charge in [0.1, 0.15) is 6.54 Å². The molecule has 1 saturated heterocycles. The van der Waals surface area contributed by atoms with E-state index in [2.05, 4.69) is 13.8 Å². The molecule has 0 aromatic heterocycles. The first-order chi connectivity index (χ1) is 9.40. The fraction of sp³-hybridized carbons (Fsp3) is 0.467. The van der Waals surface area contributed by atoms with E-state index in [9.17, 15) is 9.59 Å². The zero-order valence-electron chi connectivity index (χ0n) is 12.2. The summed E-state index contributed by atoms with van der Waals surface area (Å²) in [5.74, 6) is 0.280. The van der Waals surface area contributed by atoms with Crippen molar-refractivity contribution in [3.05, 3.63) is 35.4 Å². The lowest BCUT2D eigenvalue weighted by Crippen LogP contribution is -2.37. The standard InChI is InChI=1S/C15H21N3O2/c1-10(2)11-4-6-12(7-5-11)13(16)8-18-14(19)9-17(3)15(18)20/h4-7,10,13H,8-9,16H2,1-3H3. The zero-order chi connectivity index (χ0) is 14.9. The van der Waals surface area contributed by atoms with Crippen molar-refractivity contribution in [3.63, 3.8) is 0 Å². The molecule has 0 radical (unpaired) electrons. The maximum Gasteiger partial charge on any atom is 0.327 e. The quantitative estimate of drug-likeness (QED) is 0.851. The van der Waals surface area contributed by atoms with Gasteiger partial charge < -0.3 is 10.6 Å². The summed E-state index contributed by atoms with van der Waals surface area (Å²) in [5.41, 5.74) is 8.29. The number of benzene rings is 1. The van der Waals surface area contributed by atoms with Crippen LogP contribution in [-0.2, 0) is 4.79 Å². The lowest BCUT2D eigenvalue weighted by Gasteiger charge is -2.20. The van der Waals surface area contributed by atoms with Gasteiger partial charge in [0.15, 0.2) is 0 Å². The van der Waals surface area contributed by atoms with Crippen LogP contribution in [0.15, 0.2) is 24.3 Å². The predicted octanol–water partition coefficient (Wildman–Crippen LogP) is 1.70. The molecule has 0 spiro atoms. The second-order valence-electron chi connectivity index (χ2n) is 5.57. The summed E-state index contributed by atoms with van der Waals surface area (Å²) in [6.45, 7) is 4.62. The summed E-state index contributed by atoms with van der Waals surface area (Å²) in [6.07, 6.45) is 0. The lowest BCUT2D eigenvalue weighted by molar-refractivity contribution is -0.125. The molecule has 5 nitrogen and oxygen atoms in total. The average molecular weight is 275 g/mol. The zero-order valence-corrected chi connectivity index (χ0v) is 12.2. The molecule has 1 aromatic rings. The molecule has 1 heterocycles. The third kappa shape index (κ3) is 2.82. The fourth-order valence-corrected chi connectivity index (χ4v) is 2.28. The molecular formula is C15H21N3O2. The van der Waals surface area contributed by atoms with Gasteiger partial charge >= 0.3 is 6.03 Å². The highest BCUT2D eigenvalue weighted by molar-refractivity contribution is 6.01. The minimum Gasteiger partial charge on any atom is -0.322 e. The number of carbonyl (C=O) groups excluding carboxylic acids is 2. The highest BCUT2D eigenvalue weighted by atomic mass is 16.2. The molecule has 1 aliphatic rings. The summed E-state index contributed by atoms with van der Waals surface area (Å²) in [5, 5.41) is 0. The third-order valence-corrected chi connectivity index (χ3v) is 3.64. The number of carbonyl (C=O) groups is 2. The second-order valence-corrected chi connectivity index (χ2v) is 5.57. The first kappa shape index (κ1) is 14.5. The molecule has 0 aliphatic carbocycles. The number of likely N-dealkylation sites (N-methyl/N-ethyl adjacent to an activating group) is 1. The molecule has 20 heavy (non-hydrogen) atoms.